The van der Waals surface area contributed by atoms with E-state index in [9.17, 15) is 0 Å². The van der Waals surface area contributed by atoms with E-state index in [1.807, 2.05) is 0 Å². The van der Waals surface area contributed by atoms with E-state index < -0.39 is 0 Å². The summed E-state index contributed by atoms with van der Waals surface area (Å²) in [5.74, 6) is 0.517. The van der Waals surface area contributed by atoms with E-state index in [4.69, 9.17) is 17.3 Å². The van der Waals surface area contributed by atoms with Gasteiger partial charge in [0.15, 0.2) is 0 Å². The van der Waals surface area contributed by atoms with Crippen LogP contribution < -0.4 is 5.73 Å². The molecule has 0 aliphatic heterocycles. The lowest BCUT2D eigenvalue weighted by Crippen LogP contribution is -2.32. The van der Waals surface area contributed by atoms with Gasteiger partial charge in [-0.1, -0.05) is 44.4 Å². The number of rotatable bonds is 3. The summed E-state index contributed by atoms with van der Waals surface area (Å²) in [7, 11) is 0. The van der Waals surface area contributed by atoms with Crippen molar-refractivity contribution in [2.24, 2.45) is 5.73 Å². The van der Waals surface area contributed by atoms with Crippen LogP contribution in [0.4, 0.5) is 0 Å². The van der Waals surface area contributed by atoms with Gasteiger partial charge in [0.2, 0.25) is 0 Å². The number of nitrogens with two attached hydrogens (primary N) is 1. The molecule has 0 heterocycles. The first-order valence-electron chi connectivity index (χ1n) is 6.58. The molecule has 0 bridgehead atoms. The molecule has 1 aromatic carbocycles. The van der Waals surface area contributed by atoms with Crippen molar-refractivity contribution < 1.29 is 0 Å². The van der Waals surface area contributed by atoms with Crippen molar-refractivity contribution in [1.29, 1.82) is 0 Å². The second-order valence-electron chi connectivity index (χ2n) is 5.62. The van der Waals surface area contributed by atoms with E-state index in [0.29, 0.717) is 5.92 Å². The molecule has 0 saturated heterocycles. The molecule has 0 radical (unpaired) electrons. The molecule has 1 saturated carbocycles. The van der Waals surface area contributed by atoms with Gasteiger partial charge in [0.1, 0.15) is 0 Å². The van der Waals surface area contributed by atoms with Gasteiger partial charge in [0.05, 0.1) is 0 Å². The standard InChI is InChI=1S/C15H22ClN/c1-11(2)12-7-13(9-14(16)8-12)15(10-17)5-3-4-6-15/h7-9,11H,3-6,10,17H2,1-2H3. The summed E-state index contributed by atoms with van der Waals surface area (Å²) < 4.78 is 0. The van der Waals surface area contributed by atoms with E-state index in [0.717, 1.165) is 11.6 Å². The van der Waals surface area contributed by atoms with Crippen LogP contribution in [0.5, 0.6) is 0 Å². The van der Waals surface area contributed by atoms with Crippen LogP contribution in [0.1, 0.15) is 56.6 Å². The minimum atomic E-state index is 0.189. The zero-order valence-electron chi connectivity index (χ0n) is 10.8. The van der Waals surface area contributed by atoms with Crippen LogP contribution in [0.2, 0.25) is 5.02 Å². The summed E-state index contributed by atoms with van der Waals surface area (Å²) in [6.07, 6.45) is 5.00. The molecule has 1 nitrogen and oxygen atoms in total. The van der Waals surface area contributed by atoms with Crippen LogP contribution in [-0.2, 0) is 5.41 Å². The van der Waals surface area contributed by atoms with Crippen LogP contribution in [0, 0.1) is 0 Å². The lowest BCUT2D eigenvalue weighted by atomic mass is 9.78. The van der Waals surface area contributed by atoms with Gasteiger partial charge in [-0.25, -0.2) is 0 Å². The summed E-state index contributed by atoms with van der Waals surface area (Å²) in [4.78, 5) is 0. The Hall–Kier alpha value is -0.530. The van der Waals surface area contributed by atoms with E-state index in [-0.39, 0.29) is 5.41 Å². The van der Waals surface area contributed by atoms with E-state index in [2.05, 4.69) is 32.0 Å². The van der Waals surface area contributed by atoms with Crippen LogP contribution >= 0.6 is 11.6 Å². The summed E-state index contributed by atoms with van der Waals surface area (Å²) in [5.41, 5.74) is 8.90. The molecule has 1 aliphatic rings. The van der Waals surface area contributed by atoms with Crippen LogP contribution in [0.3, 0.4) is 0 Å². The van der Waals surface area contributed by atoms with Gasteiger partial charge in [-0.3, -0.25) is 0 Å². The van der Waals surface area contributed by atoms with Gasteiger partial charge in [-0.05, 0) is 42.0 Å². The van der Waals surface area contributed by atoms with E-state index in [1.54, 1.807) is 0 Å². The largest absolute Gasteiger partial charge is 0.330 e. The number of benzene rings is 1. The topological polar surface area (TPSA) is 26.0 Å². The Kier molecular flexibility index (Phi) is 3.79. The van der Waals surface area contributed by atoms with Gasteiger partial charge in [0, 0.05) is 17.0 Å². The Morgan fingerprint density at radius 2 is 1.88 bits per heavy atom. The quantitative estimate of drug-likeness (QED) is 0.855. The molecule has 2 N–H and O–H groups in total. The van der Waals surface area contributed by atoms with E-state index in [1.165, 1.54) is 36.8 Å². The summed E-state index contributed by atoms with van der Waals surface area (Å²) in [5, 5.41) is 0.853. The third-order valence-corrected chi connectivity index (χ3v) is 4.37. The first kappa shape index (κ1) is 12.9. The van der Waals surface area contributed by atoms with Crippen molar-refractivity contribution in [3.05, 3.63) is 34.3 Å². The summed E-state index contributed by atoms with van der Waals surface area (Å²) in [6, 6.07) is 6.51. The fourth-order valence-electron chi connectivity index (χ4n) is 2.91. The average Bonchev–Trinajstić information content (AvgIpc) is 2.78. The molecule has 1 aromatic rings. The van der Waals surface area contributed by atoms with Gasteiger partial charge in [-0.15, -0.1) is 0 Å². The monoisotopic (exact) mass is 251 g/mol. The minimum absolute atomic E-state index is 0.189. The molecule has 94 valence electrons. The first-order chi connectivity index (χ1) is 8.07. The highest BCUT2D eigenvalue weighted by molar-refractivity contribution is 6.30. The number of halogens is 1. The lowest BCUT2D eigenvalue weighted by molar-refractivity contribution is 0.452. The molecule has 1 aliphatic carbocycles. The second kappa shape index (κ2) is 4.99. The van der Waals surface area contributed by atoms with Crippen molar-refractivity contribution in [1.82, 2.24) is 0 Å². The summed E-state index contributed by atoms with van der Waals surface area (Å²) in [6.45, 7) is 5.16. The van der Waals surface area contributed by atoms with Crippen LogP contribution in [-0.4, -0.2) is 6.54 Å². The highest BCUT2D eigenvalue weighted by Crippen LogP contribution is 2.41. The van der Waals surface area contributed by atoms with Gasteiger partial charge in [0.25, 0.3) is 0 Å². The zero-order valence-corrected chi connectivity index (χ0v) is 11.6. The highest BCUT2D eigenvalue weighted by Gasteiger charge is 2.34. The van der Waals surface area contributed by atoms with Crippen molar-refractivity contribution in [2.45, 2.75) is 50.9 Å². The number of hydrogen-bond acceptors (Lipinski definition) is 1. The predicted octanol–water partition coefficient (Wildman–Crippen LogP) is 4.23. The van der Waals surface area contributed by atoms with Crippen molar-refractivity contribution in [3.8, 4) is 0 Å². The lowest BCUT2D eigenvalue weighted by Gasteiger charge is -2.29. The Balaban J connectivity index is 2.43. The maximum absolute atomic E-state index is 6.25. The molecular formula is C15H22ClN. The molecule has 0 aromatic heterocycles. The molecular weight excluding hydrogens is 230 g/mol. The van der Waals surface area contributed by atoms with Crippen molar-refractivity contribution in [3.63, 3.8) is 0 Å². The van der Waals surface area contributed by atoms with Gasteiger partial charge >= 0.3 is 0 Å². The smallest absolute Gasteiger partial charge is 0.0411 e. The Bertz CT molecular complexity index is 392. The fourth-order valence-corrected chi connectivity index (χ4v) is 3.16. The molecule has 1 fully saturated rings. The molecule has 0 amide bonds. The second-order valence-corrected chi connectivity index (χ2v) is 6.06. The van der Waals surface area contributed by atoms with Crippen molar-refractivity contribution in [2.75, 3.05) is 6.54 Å². The molecule has 17 heavy (non-hydrogen) atoms. The maximum Gasteiger partial charge on any atom is 0.0411 e. The SMILES string of the molecule is CC(C)c1cc(Cl)cc(C2(CN)CCCC2)c1. The Morgan fingerprint density at radius 1 is 1.24 bits per heavy atom. The summed E-state index contributed by atoms with van der Waals surface area (Å²) >= 11 is 6.25. The average molecular weight is 252 g/mol. The van der Waals surface area contributed by atoms with Crippen LogP contribution in [0.15, 0.2) is 18.2 Å². The Morgan fingerprint density at radius 3 is 2.41 bits per heavy atom. The third kappa shape index (κ3) is 2.51. The highest BCUT2D eigenvalue weighted by atomic mass is 35.5. The molecule has 0 unspecified atom stereocenters. The maximum atomic E-state index is 6.25. The number of hydrogen-bond donors (Lipinski definition) is 1. The van der Waals surface area contributed by atoms with E-state index >= 15 is 0 Å². The Labute approximate surface area is 109 Å². The predicted molar refractivity (Wildman–Crippen MR) is 74.7 cm³/mol. The fraction of sp³-hybridized carbons (Fsp3) is 0.600. The van der Waals surface area contributed by atoms with Gasteiger partial charge < -0.3 is 5.73 Å². The van der Waals surface area contributed by atoms with Gasteiger partial charge in [-0.2, -0.15) is 0 Å². The first-order valence-corrected chi connectivity index (χ1v) is 6.96. The third-order valence-electron chi connectivity index (χ3n) is 4.15. The molecule has 2 rings (SSSR count). The zero-order chi connectivity index (χ0) is 12.5. The van der Waals surface area contributed by atoms with Crippen LogP contribution in [0.25, 0.3) is 0 Å². The minimum Gasteiger partial charge on any atom is -0.330 e. The molecule has 0 atom stereocenters. The molecule has 0 spiro atoms. The normalized spacial score (nSPS) is 18.9. The molecule has 2 heteroatoms. The van der Waals surface area contributed by atoms with Crippen molar-refractivity contribution >= 4 is 11.6 Å².